The van der Waals surface area contributed by atoms with Gasteiger partial charge in [-0.05, 0) is 54.1 Å². The zero-order valence-corrected chi connectivity index (χ0v) is 17.2. The van der Waals surface area contributed by atoms with Gasteiger partial charge in [0.05, 0.1) is 18.1 Å². The molecule has 0 atom stereocenters. The third kappa shape index (κ3) is 4.72. The fraction of sp³-hybridized carbons (Fsp3) is 0.0909. The molecule has 0 unspecified atom stereocenters. The van der Waals surface area contributed by atoms with Gasteiger partial charge in [0.15, 0.2) is 5.16 Å². The number of methoxy groups -OCH3 is 1. The van der Waals surface area contributed by atoms with Crippen molar-refractivity contribution in [3.8, 4) is 5.75 Å². The van der Waals surface area contributed by atoms with E-state index in [1.165, 1.54) is 0 Å². The number of nitrogens with zero attached hydrogens (tertiary/aromatic N) is 1. The molecule has 3 aromatic carbocycles. The molecule has 5 nitrogen and oxygen atoms in total. The largest absolute Gasteiger partial charge is 0.497 e. The Morgan fingerprint density at radius 1 is 1.10 bits per heavy atom. The number of carbonyl (C=O) groups is 1. The summed E-state index contributed by atoms with van der Waals surface area (Å²) in [7, 11) is 1.65. The SMILES string of the molecule is COc1ccc2nc(SCc3ccc(C(=O)Nc4ccc(Cl)cc4)cc3)[nH]c2c1. The van der Waals surface area contributed by atoms with Crippen LogP contribution in [0.1, 0.15) is 15.9 Å². The molecule has 0 spiro atoms. The summed E-state index contributed by atoms with van der Waals surface area (Å²) >= 11 is 7.48. The van der Waals surface area contributed by atoms with Gasteiger partial charge in [-0.1, -0.05) is 35.5 Å². The third-order valence-corrected chi connectivity index (χ3v) is 5.56. The van der Waals surface area contributed by atoms with Crippen LogP contribution in [0.5, 0.6) is 5.75 Å². The van der Waals surface area contributed by atoms with Crippen molar-refractivity contribution >= 4 is 46.0 Å². The smallest absolute Gasteiger partial charge is 0.255 e. The van der Waals surface area contributed by atoms with Crippen LogP contribution in [0.15, 0.2) is 71.9 Å². The molecule has 0 aliphatic carbocycles. The summed E-state index contributed by atoms with van der Waals surface area (Å²) in [5.74, 6) is 1.39. The Hall–Kier alpha value is -2.96. The molecule has 4 rings (SSSR count). The van der Waals surface area contributed by atoms with Gasteiger partial charge in [-0.25, -0.2) is 4.98 Å². The summed E-state index contributed by atoms with van der Waals surface area (Å²) in [5, 5.41) is 4.34. The minimum absolute atomic E-state index is 0.155. The van der Waals surface area contributed by atoms with Crippen LogP contribution in [-0.2, 0) is 5.75 Å². The molecule has 0 bridgehead atoms. The van der Waals surface area contributed by atoms with Crippen molar-refractivity contribution in [3.05, 3.63) is 82.9 Å². The van der Waals surface area contributed by atoms with E-state index < -0.39 is 0 Å². The number of imidazole rings is 1. The maximum Gasteiger partial charge on any atom is 0.255 e. The molecular weight excluding hydrogens is 406 g/mol. The number of fused-ring (bicyclic) bond motifs is 1. The van der Waals surface area contributed by atoms with Gasteiger partial charge in [0.25, 0.3) is 5.91 Å². The number of hydrogen-bond acceptors (Lipinski definition) is 4. The predicted molar refractivity (Wildman–Crippen MR) is 118 cm³/mol. The van der Waals surface area contributed by atoms with Crippen LogP contribution in [0.3, 0.4) is 0 Å². The zero-order chi connectivity index (χ0) is 20.2. The number of aromatic nitrogens is 2. The summed E-state index contributed by atoms with van der Waals surface area (Å²) in [4.78, 5) is 20.2. The first-order valence-corrected chi connectivity index (χ1v) is 10.3. The highest BCUT2D eigenvalue weighted by molar-refractivity contribution is 7.98. The van der Waals surface area contributed by atoms with Gasteiger partial charge in [-0.3, -0.25) is 4.79 Å². The topological polar surface area (TPSA) is 67.0 Å². The predicted octanol–water partition coefficient (Wildman–Crippen LogP) is 5.77. The highest BCUT2D eigenvalue weighted by Gasteiger charge is 2.08. The van der Waals surface area contributed by atoms with Crippen LogP contribution in [0, 0.1) is 0 Å². The fourth-order valence-corrected chi connectivity index (χ4v) is 3.77. The summed E-state index contributed by atoms with van der Waals surface area (Å²) in [6.45, 7) is 0. The molecule has 1 aromatic heterocycles. The van der Waals surface area contributed by atoms with Crippen molar-refractivity contribution in [1.29, 1.82) is 0 Å². The van der Waals surface area contributed by atoms with Crippen molar-refractivity contribution in [1.82, 2.24) is 9.97 Å². The standard InChI is InChI=1S/C22H18ClN3O2S/c1-28-18-10-11-19-20(12-18)26-22(25-19)29-13-14-2-4-15(5-3-14)21(27)24-17-8-6-16(23)7-9-17/h2-12H,13H2,1H3,(H,24,27)(H,25,26). The Balaban J connectivity index is 1.38. The minimum Gasteiger partial charge on any atom is -0.497 e. The summed E-state index contributed by atoms with van der Waals surface area (Å²) < 4.78 is 5.24. The van der Waals surface area contributed by atoms with E-state index in [0.717, 1.165) is 33.3 Å². The average molecular weight is 424 g/mol. The molecule has 0 radical (unpaired) electrons. The van der Waals surface area contributed by atoms with Crippen LogP contribution >= 0.6 is 23.4 Å². The van der Waals surface area contributed by atoms with Gasteiger partial charge in [0.2, 0.25) is 0 Å². The van der Waals surface area contributed by atoms with Crippen molar-refractivity contribution in [2.24, 2.45) is 0 Å². The zero-order valence-electron chi connectivity index (χ0n) is 15.6. The van der Waals surface area contributed by atoms with E-state index in [9.17, 15) is 4.79 Å². The molecule has 0 aliphatic rings. The quantitative estimate of drug-likeness (QED) is 0.386. The lowest BCUT2D eigenvalue weighted by molar-refractivity contribution is 0.102. The Morgan fingerprint density at radius 2 is 1.86 bits per heavy atom. The van der Waals surface area contributed by atoms with E-state index in [-0.39, 0.29) is 5.91 Å². The first-order chi connectivity index (χ1) is 14.1. The Kier molecular flexibility index (Phi) is 5.74. The van der Waals surface area contributed by atoms with E-state index in [0.29, 0.717) is 16.3 Å². The van der Waals surface area contributed by atoms with Crippen LogP contribution in [-0.4, -0.2) is 23.0 Å². The van der Waals surface area contributed by atoms with Gasteiger partial charge in [-0.2, -0.15) is 0 Å². The number of carbonyl (C=O) groups excluding carboxylic acids is 1. The number of aromatic amines is 1. The minimum atomic E-state index is -0.155. The molecule has 1 heterocycles. The van der Waals surface area contributed by atoms with Crippen LogP contribution in [0.25, 0.3) is 11.0 Å². The Morgan fingerprint density at radius 3 is 2.59 bits per heavy atom. The molecule has 7 heteroatoms. The van der Waals surface area contributed by atoms with Gasteiger partial charge in [-0.15, -0.1) is 0 Å². The summed E-state index contributed by atoms with van der Waals surface area (Å²) in [5.41, 5.74) is 4.27. The first-order valence-electron chi connectivity index (χ1n) is 8.93. The molecule has 0 saturated heterocycles. The molecule has 0 fully saturated rings. The number of halogens is 1. The number of hydrogen-bond donors (Lipinski definition) is 2. The number of rotatable bonds is 6. The maximum absolute atomic E-state index is 12.4. The van der Waals surface area contributed by atoms with Crippen molar-refractivity contribution in [2.45, 2.75) is 10.9 Å². The van der Waals surface area contributed by atoms with Gasteiger partial charge in [0.1, 0.15) is 5.75 Å². The van der Waals surface area contributed by atoms with Crippen molar-refractivity contribution in [3.63, 3.8) is 0 Å². The molecule has 2 N–H and O–H groups in total. The molecule has 146 valence electrons. The Labute approximate surface area is 177 Å². The van der Waals surface area contributed by atoms with Crippen LogP contribution in [0.2, 0.25) is 5.02 Å². The number of amides is 1. The molecule has 1 amide bonds. The summed E-state index contributed by atoms with van der Waals surface area (Å²) in [6.07, 6.45) is 0. The van der Waals surface area contributed by atoms with E-state index in [1.54, 1.807) is 43.1 Å². The first kappa shape index (κ1) is 19.4. The number of nitrogens with one attached hydrogen (secondary N) is 2. The number of anilines is 1. The average Bonchev–Trinajstić information content (AvgIpc) is 3.16. The van der Waals surface area contributed by atoms with E-state index in [4.69, 9.17) is 16.3 Å². The van der Waals surface area contributed by atoms with Gasteiger partial charge >= 0.3 is 0 Å². The van der Waals surface area contributed by atoms with Crippen LogP contribution in [0.4, 0.5) is 5.69 Å². The van der Waals surface area contributed by atoms with Gasteiger partial charge < -0.3 is 15.0 Å². The lowest BCUT2D eigenvalue weighted by Crippen LogP contribution is -2.11. The van der Waals surface area contributed by atoms with Gasteiger partial charge in [0, 0.05) is 28.1 Å². The second kappa shape index (κ2) is 8.59. The number of benzene rings is 3. The Bertz CT molecular complexity index is 1140. The van der Waals surface area contributed by atoms with Crippen LogP contribution < -0.4 is 10.1 Å². The van der Waals surface area contributed by atoms with Crippen molar-refractivity contribution < 1.29 is 9.53 Å². The lowest BCUT2D eigenvalue weighted by Gasteiger charge is -2.06. The number of thioether (sulfide) groups is 1. The third-order valence-electron chi connectivity index (χ3n) is 4.36. The molecule has 0 aliphatic heterocycles. The monoisotopic (exact) mass is 423 g/mol. The molecular formula is C22H18ClN3O2S. The highest BCUT2D eigenvalue weighted by atomic mass is 35.5. The highest BCUT2D eigenvalue weighted by Crippen LogP contribution is 2.25. The number of ether oxygens (including phenoxy) is 1. The summed E-state index contributed by atoms with van der Waals surface area (Å²) in [6, 6.07) is 20.3. The van der Waals surface area contributed by atoms with E-state index in [2.05, 4.69) is 15.3 Å². The van der Waals surface area contributed by atoms with E-state index >= 15 is 0 Å². The van der Waals surface area contributed by atoms with Crippen molar-refractivity contribution in [2.75, 3.05) is 12.4 Å². The fourth-order valence-electron chi connectivity index (χ4n) is 2.80. The molecule has 0 saturated carbocycles. The lowest BCUT2D eigenvalue weighted by atomic mass is 10.1. The molecule has 29 heavy (non-hydrogen) atoms. The second-order valence-electron chi connectivity index (χ2n) is 6.37. The second-order valence-corrected chi connectivity index (χ2v) is 7.77. The molecule has 4 aromatic rings. The normalized spacial score (nSPS) is 10.8. The maximum atomic E-state index is 12.4. The number of H-pyrrole nitrogens is 1. The van der Waals surface area contributed by atoms with E-state index in [1.807, 2.05) is 42.5 Å².